The number of nitrogens with two attached hydrogens (primary N) is 1. The number of aryl methyl sites for hydroxylation is 1. The summed E-state index contributed by atoms with van der Waals surface area (Å²) >= 11 is 0. The van der Waals surface area contributed by atoms with E-state index in [1.165, 1.54) is 30.4 Å². The van der Waals surface area contributed by atoms with E-state index in [1.807, 2.05) is 0 Å². The maximum absolute atomic E-state index is 6.36. The van der Waals surface area contributed by atoms with Gasteiger partial charge in [0, 0.05) is 18.1 Å². The minimum absolute atomic E-state index is 0.221. The van der Waals surface area contributed by atoms with E-state index >= 15 is 0 Å². The second kappa shape index (κ2) is 5.85. The van der Waals surface area contributed by atoms with Gasteiger partial charge in [-0.1, -0.05) is 43.2 Å². The molecule has 1 fully saturated rings. The van der Waals surface area contributed by atoms with Crippen LogP contribution in [-0.2, 0) is 0 Å². The summed E-state index contributed by atoms with van der Waals surface area (Å²) in [5.74, 6) is 0. The summed E-state index contributed by atoms with van der Waals surface area (Å²) in [5.41, 5.74) is 9.04. The Morgan fingerprint density at radius 2 is 1.89 bits per heavy atom. The van der Waals surface area contributed by atoms with Gasteiger partial charge in [0.15, 0.2) is 0 Å². The molecule has 0 spiro atoms. The fourth-order valence-corrected chi connectivity index (χ4v) is 2.79. The summed E-state index contributed by atoms with van der Waals surface area (Å²) in [4.78, 5) is 2.50. The van der Waals surface area contributed by atoms with Gasteiger partial charge in [0.2, 0.25) is 0 Å². The van der Waals surface area contributed by atoms with Gasteiger partial charge in [-0.05, 0) is 38.8 Å². The van der Waals surface area contributed by atoms with E-state index in [1.54, 1.807) is 0 Å². The molecule has 2 nitrogen and oxygen atoms in total. The first kappa shape index (κ1) is 13.6. The van der Waals surface area contributed by atoms with Gasteiger partial charge in [0.25, 0.3) is 0 Å². The lowest BCUT2D eigenvalue weighted by molar-refractivity contribution is 0.0938. The molecule has 18 heavy (non-hydrogen) atoms. The maximum Gasteiger partial charge on any atom is 0.0498 e. The monoisotopic (exact) mass is 246 g/mol. The summed E-state index contributed by atoms with van der Waals surface area (Å²) in [5, 5.41) is 0. The Kier molecular flexibility index (Phi) is 4.41. The smallest absolute Gasteiger partial charge is 0.0498 e. The molecular weight excluding hydrogens is 220 g/mol. The van der Waals surface area contributed by atoms with Crippen molar-refractivity contribution in [3.63, 3.8) is 0 Å². The molecule has 0 heterocycles. The molecular formula is C16H26N2. The fourth-order valence-electron chi connectivity index (χ4n) is 2.79. The summed E-state index contributed by atoms with van der Waals surface area (Å²) in [7, 11) is 2.24. The van der Waals surface area contributed by atoms with E-state index in [2.05, 4.69) is 50.1 Å². The number of nitrogens with zero attached hydrogens (tertiary/aromatic N) is 1. The SMILES string of the molecule is CCC(N)C(c1ccc(C)cc1)N(C)C1CCC1. The third kappa shape index (κ3) is 2.76. The van der Waals surface area contributed by atoms with Gasteiger partial charge in [-0.15, -0.1) is 0 Å². The number of rotatable bonds is 5. The van der Waals surface area contributed by atoms with Gasteiger partial charge < -0.3 is 5.73 Å². The van der Waals surface area contributed by atoms with Crippen molar-refractivity contribution in [2.45, 2.75) is 57.7 Å². The lowest BCUT2D eigenvalue weighted by Gasteiger charge is -2.42. The number of hydrogen-bond donors (Lipinski definition) is 1. The van der Waals surface area contributed by atoms with Gasteiger partial charge in [-0.3, -0.25) is 4.90 Å². The van der Waals surface area contributed by atoms with Gasteiger partial charge in [0.1, 0.15) is 0 Å². The molecule has 1 aliphatic rings. The van der Waals surface area contributed by atoms with Crippen LogP contribution < -0.4 is 5.73 Å². The van der Waals surface area contributed by atoms with Crippen LogP contribution in [0.3, 0.4) is 0 Å². The van der Waals surface area contributed by atoms with Crippen LogP contribution in [0.25, 0.3) is 0 Å². The van der Waals surface area contributed by atoms with Crippen molar-refractivity contribution in [1.29, 1.82) is 0 Å². The molecule has 2 rings (SSSR count). The molecule has 2 N–H and O–H groups in total. The molecule has 1 aromatic carbocycles. The Hall–Kier alpha value is -0.860. The first-order valence-corrected chi connectivity index (χ1v) is 7.17. The van der Waals surface area contributed by atoms with Crippen LogP contribution in [-0.4, -0.2) is 24.0 Å². The highest BCUT2D eigenvalue weighted by atomic mass is 15.2. The average Bonchev–Trinajstić information content (AvgIpc) is 2.29. The van der Waals surface area contributed by atoms with Crippen LogP contribution in [0.1, 0.15) is 49.8 Å². The molecule has 0 aliphatic heterocycles. The van der Waals surface area contributed by atoms with Gasteiger partial charge in [-0.2, -0.15) is 0 Å². The summed E-state index contributed by atoms with van der Waals surface area (Å²) in [6, 6.07) is 10.2. The Labute approximate surface area is 111 Å². The topological polar surface area (TPSA) is 29.3 Å². The summed E-state index contributed by atoms with van der Waals surface area (Å²) in [6.07, 6.45) is 5.05. The van der Waals surface area contributed by atoms with Gasteiger partial charge in [0.05, 0.1) is 0 Å². The Bertz CT molecular complexity index is 367. The predicted octanol–water partition coefficient (Wildman–Crippen LogP) is 3.26. The van der Waals surface area contributed by atoms with Gasteiger partial charge >= 0.3 is 0 Å². The van der Waals surface area contributed by atoms with Crippen LogP contribution >= 0.6 is 0 Å². The molecule has 0 amide bonds. The Balaban J connectivity index is 2.20. The van der Waals surface area contributed by atoms with Crippen LogP contribution in [0.2, 0.25) is 0 Å². The molecule has 2 unspecified atom stereocenters. The van der Waals surface area contributed by atoms with E-state index in [0.29, 0.717) is 6.04 Å². The molecule has 0 radical (unpaired) electrons. The maximum atomic E-state index is 6.36. The molecule has 1 saturated carbocycles. The first-order valence-electron chi connectivity index (χ1n) is 7.17. The van der Waals surface area contributed by atoms with Crippen LogP contribution in [0.4, 0.5) is 0 Å². The number of hydrogen-bond acceptors (Lipinski definition) is 2. The lowest BCUT2D eigenvalue weighted by Crippen LogP contribution is -2.46. The third-order valence-corrected chi connectivity index (χ3v) is 4.39. The van der Waals surface area contributed by atoms with Crippen molar-refractivity contribution in [1.82, 2.24) is 4.90 Å². The second-order valence-corrected chi connectivity index (χ2v) is 5.68. The minimum Gasteiger partial charge on any atom is -0.326 e. The van der Waals surface area contributed by atoms with Crippen molar-refractivity contribution >= 4 is 0 Å². The molecule has 100 valence electrons. The normalized spacial score (nSPS) is 19.6. The van der Waals surface area contributed by atoms with Crippen molar-refractivity contribution in [2.75, 3.05) is 7.05 Å². The largest absolute Gasteiger partial charge is 0.326 e. The van der Waals surface area contributed by atoms with Gasteiger partial charge in [-0.25, -0.2) is 0 Å². The Morgan fingerprint density at radius 1 is 1.28 bits per heavy atom. The molecule has 0 aromatic heterocycles. The quantitative estimate of drug-likeness (QED) is 0.864. The molecule has 1 aliphatic carbocycles. The zero-order chi connectivity index (χ0) is 13.1. The zero-order valence-corrected chi connectivity index (χ0v) is 11.9. The molecule has 1 aromatic rings. The fraction of sp³-hybridized carbons (Fsp3) is 0.625. The van der Waals surface area contributed by atoms with E-state index in [4.69, 9.17) is 5.73 Å². The molecule has 0 saturated heterocycles. The van der Waals surface area contributed by atoms with Crippen LogP contribution in [0.5, 0.6) is 0 Å². The summed E-state index contributed by atoms with van der Waals surface area (Å²) in [6.45, 7) is 4.31. The Morgan fingerprint density at radius 3 is 2.33 bits per heavy atom. The first-order chi connectivity index (χ1) is 8.63. The van der Waals surface area contributed by atoms with Crippen molar-refractivity contribution < 1.29 is 0 Å². The average molecular weight is 246 g/mol. The second-order valence-electron chi connectivity index (χ2n) is 5.68. The highest BCUT2D eigenvalue weighted by Gasteiger charge is 2.31. The molecule has 2 atom stereocenters. The molecule has 0 bridgehead atoms. The van der Waals surface area contributed by atoms with E-state index in [-0.39, 0.29) is 6.04 Å². The number of likely N-dealkylation sites (N-methyl/N-ethyl adjacent to an activating group) is 1. The van der Waals surface area contributed by atoms with E-state index < -0.39 is 0 Å². The highest BCUT2D eigenvalue weighted by Crippen LogP contribution is 2.33. The van der Waals surface area contributed by atoms with Crippen LogP contribution in [0, 0.1) is 6.92 Å². The number of benzene rings is 1. The highest BCUT2D eigenvalue weighted by molar-refractivity contribution is 5.25. The lowest BCUT2D eigenvalue weighted by atomic mass is 9.87. The van der Waals surface area contributed by atoms with Crippen molar-refractivity contribution in [3.8, 4) is 0 Å². The zero-order valence-electron chi connectivity index (χ0n) is 11.9. The van der Waals surface area contributed by atoms with Crippen molar-refractivity contribution in [3.05, 3.63) is 35.4 Å². The molecule has 2 heteroatoms. The van der Waals surface area contributed by atoms with E-state index in [0.717, 1.165) is 12.5 Å². The van der Waals surface area contributed by atoms with Crippen LogP contribution in [0.15, 0.2) is 24.3 Å². The standard InChI is InChI=1S/C16H26N2/c1-4-15(17)16(18(3)14-6-5-7-14)13-10-8-12(2)9-11-13/h8-11,14-16H,4-7,17H2,1-3H3. The third-order valence-electron chi connectivity index (χ3n) is 4.39. The summed E-state index contributed by atoms with van der Waals surface area (Å²) < 4.78 is 0. The predicted molar refractivity (Wildman–Crippen MR) is 77.6 cm³/mol. The minimum atomic E-state index is 0.221. The van der Waals surface area contributed by atoms with E-state index in [9.17, 15) is 0 Å². The van der Waals surface area contributed by atoms with Crippen molar-refractivity contribution in [2.24, 2.45) is 5.73 Å².